The highest BCUT2D eigenvalue weighted by molar-refractivity contribution is 7.92. The number of aromatic amines is 1. The van der Waals surface area contributed by atoms with Gasteiger partial charge in [0.1, 0.15) is 5.82 Å². The smallest absolute Gasteiger partial charge is 0.258 e. The first kappa shape index (κ1) is 20.6. The summed E-state index contributed by atoms with van der Waals surface area (Å²) in [5.74, 6) is 1.40. The minimum atomic E-state index is -3.42. The van der Waals surface area contributed by atoms with Crippen molar-refractivity contribution in [1.29, 1.82) is 0 Å². The predicted octanol–water partition coefficient (Wildman–Crippen LogP) is 2.45. The van der Waals surface area contributed by atoms with Gasteiger partial charge in [-0.05, 0) is 23.8 Å². The summed E-state index contributed by atoms with van der Waals surface area (Å²) in [6, 6.07) is 10.4. The lowest BCUT2D eigenvalue weighted by Crippen LogP contribution is -2.13. The summed E-state index contributed by atoms with van der Waals surface area (Å²) in [5, 5.41) is 1.16. The van der Waals surface area contributed by atoms with Crippen molar-refractivity contribution in [1.82, 2.24) is 15.0 Å². The first-order chi connectivity index (χ1) is 14.8. The number of H-pyrrole nitrogens is 1. The number of aromatic nitrogens is 3. The molecule has 10 heteroatoms. The number of benzene rings is 2. The summed E-state index contributed by atoms with van der Waals surface area (Å²) in [6.45, 7) is 0. The molecule has 0 radical (unpaired) electrons. The van der Waals surface area contributed by atoms with Gasteiger partial charge < -0.3 is 14.5 Å². The lowest BCUT2D eigenvalue weighted by Gasteiger charge is -2.10. The Hall–Kier alpha value is -3.66. The van der Waals surface area contributed by atoms with Gasteiger partial charge >= 0.3 is 0 Å². The van der Waals surface area contributed by atoms with Crippen LogP contribution in [0.15, 0.2) is 47.4 Å². The van der Waals surface area contributed by atoms with Gasteiger partial charge in [-0.2, -0.15) is 0 Å². The maximum atomic E-state index is 12.6. The van der Waals surface area contributed by atoms with E-state index in [2.05, 4.69) is 19.7 Å². The summed E-state index contributed by atoms with van der Waals surface area (Å²) < 4.78 is 36.2. The van der Waals surface area contributed by atoms with Crippen molar-refractivity contribution < 1.29 is 17.9 Å². The van der Waals surface area contributed by atoms with Gasteiger partial charge in [0.15, 0.2) is 11.5 Å². The number of ether oxygens (including phenoxy) is 2. The molecule has 0 saturated heterocycles. The minimum Gasteiger partial charge on any atom is -0.493 e. The van der Waals surface area contributed by atoms with E-state index >= 15 is 0 Å². The largest absolute Gasteiger partial charge is 0.493 e. The average Bonchev–Trinajstić information content (AvgIpc) is 2.72. The number of fused-ring (bicyclic) bond motifs is 2. The lowest BCUT2D eigenvalue weighted by molar-refractivity contribution is 0.355. The fourth-order valence-electron chi connectivity index (χ4n) is 3.38. The normalized spacial score (nSPS) is 11.6. The van der Waals surface area contributed by atoms with E-state index in [0.29, 0.717) is 45.9 Å². The molecule has 2 aromatic heterocycles. The number of para-hydroxylation sites is 1. The summed E-state index contributed by atoms with van der Waals surface area (Å²) in [7, 11) is -0.400. The van der Waals surface area contributed by atoms with Crippen molar-refractivity contribution >= 4 is 37.5 Å². The Bertz CT molecular complexity index is 1460. The molecule has 9 nitrogen and oxygen atoms in total. The Labute approximate surface area is 178 Å². The topological polar surface area (TPSA) is 123 Å². The van der Waals surface area contributed by atoms with Crippen LogP contribution in [0.4, 0.5) is 5.69 Å². The second-order valence-electron chi connectivity index (χ2n) is 7.01. The van der Waals surface area contributed by atoms with E-state index in [1.165, 1.54) is 14.2 Å². The number of anilines is 1. The Morgan fingerprint density at radius 3 is 2.55 bits per heavy atom. The van der Waals surface area contributed by atoms with E-state index in [4.69, 9.17) is 9.47 Å². The molecule has 31 heavy (non-hydrogen) atoms. The third kappa shape index (κ3) is 4.29. The number of rotatable bonds is 6. The Kier molecular flexibility index (Phi) is 5.24. The summed E-state index contributed by atoms with van der Waals surface area (Å²) in [5.41, 5.74) is 1.96. The van der Waals surface area contributed by atoms with E-state index in [1.54, 1.807) is 30.5 Å². The number of nitrogens with one attached hydrogen (secondary N) is 2. The van der Waals surface area contributed by atoms with Crippen molar-refractivity contribution in [3.05, 3.63) is 64.3 Å². The third-order valence-electron chi connectivity index (χ3n) is 4.69. The predicted molar refractivity (Wildman–Crippen MR) is 118 cm³/mol. The highest BCUT2D eigenvalue weighted by Gasteiger charge is 2.12. The number of hydrogen-bond donors (Lipinski definition) is 2. The minimum absolute atomic E-state index is 0.283. The molecular weight excluding hydrogens is 420 g/mol. The molecule has 0 bridgehead atoms. The molecule has 0 unspecified atom stereocenters. The molecule has 0 saturated carbocycles. The number of methoxy groups -OCH3 is 2. The quantitative estimate of drug-likeness (QED) is 0.472. The van der Waals surface area contributed by atoms with Crippen LogP contribution in [0.5, 0.6) is 11.5 Å². The molecule has 0 amide bonds. The van der Waals surface area contributed by atoms with Gasteiger partial charge in [0.05, 0.1) is 42.6 Å². The zero-order valence-corrected chi connectivity index (χ0v) is 17.9. The average molecular weight is 440 g/mol. The Morgan fingerprint density at radius 1 is 1.10 bits per heavy atom. The molecular formula is C21H20N4O5S. The van der Waals surface area contributed by atoms with Crippen molar-refractivity contribution in [3.63, 3.8) is 0 Å². The molecule has 0 aliphatic heterocycles. The van der Waals surface area contributed by atoms with Crippen LogP contribution >= 0.6 is 0 Å². The molecule has 0 aliphatic carbocycles. The summed E-state index contributed by atoms with van der Waals surface area (Å²) in [6.07, 6.45) is 3.06. The maximum absolute atomic E-state index is 12.6. The highest BCUT2D eigenvalue weighted by atomic mass is 32.2. The van der Waals surface area contributed by atoms with Gasteiger partial charge in [0, 0.05) is 24.1 Å². The van der Waals surface area contributed by atoms with Gasteiger partial charge in [-0.1, -0.05) is 12.1 Å². The van der Waals surface area contributed by atoms with E-state index in [0.717, 1.165) is 17.2 Å². The van der Waals surface area contributed by atoms with Crippen molar-refractivity contribution in [2.24, 2.45) is 0 Å². The first-order valence-electron chi connectivity index (χ1n) is 9.28. The Balaban J connectivity index is 1.72. The molecule has 0 fully saturated rings. The van der Waals surface area contributed by atoms with Crippen LogP contribution in [-0.2, 0) is 16.4 Å². The molecule has 4 aromatic rings. The van der Waals surface area contributed by atoms with E-state index in [1.807, 2.05) is 12.1 Å². The third-order valence-corrected chi connectivity index (χ3v) is 5.28. The van der Waals surface area contributed by atoms with Gasteiger partial charge in [-0.25, -0.2) is 13.4 Å². The van der Waals surface area contributed by atoms with Crippen molar-refractivity contribution in [2.75, 3.05) is 25.2 Å². The second kappa shape index (κ2) is 7.88. The van der Waals surface area contributed by atoms with E-state index in [-0.39, 0.29) is 5.56 Å². The zero-order chi connectivity index (χ0) is 22.2. The van der Waals surface area contributed by atoms with Crippen LogP contribution in [0.2, 0.25) is 0 Å². The molecule has 0 spiro atoms. The van der Waals surface area contributed by atoms with Crippen LogP contribution in [0.3, 0.4) is 0 Å². The van der Waals surface area contributed by atoms with Gasteiger partial charge in [-0.15, -0.1) is 0 Å². The van der Waals surface area contributed by atoms with Crippen LogP contribution in [0.1, 0.15) is 11.4 Å². The van der Waals surface area contributed by atoms with Crippen LogP contribution in [0, 0.1) is 0 Å². The zero-order valence-electron chi connectivity index (χ0n) is 17.1. The second-order valence-corrected chi connectivity index (χ2v) is 8.76. The Morgan fingerprint density at radius 2 is 1.84 bits per heavy atom. The standard InChI is InChI=1S/C21H20N4O5S/c1-29-17-9-14-16(10-18(17)30-2)23-19(24-21(14)26)8-12-7-13-5-4-6-15(20(13)22-11-12)25-31(3,27)28/h4-7,9-11,25H,8H2,1-3H3,(H,23,24,26). The number of hydrogen-bond acceptors (Lipinski definition) is 7. The van der Waals surface area contributed by atoms with Gasteiger partial charge in [0.2, 0.25) is 10.0 Å². The molecule has 2 N–H and O–H groups in total. The monoisotopic (exact) mass is 440 g/mol. The molecule has 0 atom stereocenters. The van der Waals surface area contributed by atoms with E-state index in [9.17, 15) is 13.2 Å². The molecule has 2 aromatic carbocycles. The number of sulfonamides is 1. The highest BCUT2D eigenvalue weighted by Crippen LogP contribution is 2.30. The fourth-order valence-corrected chi connectivity index (χ4v) is 3.94. The molecule has 4 rings (SSSR count). The van der Waals surface area contributed by atoms with Gasteiger partial charge in [0.25, 0.3) is 5.56 Å². The van der Waals surface area contributed by atoms with Crippen LogP contribution in [-0.4, -0.2) is 43.8 Å². The number of nitrogens with zero attached hydrogens (tertiary/aromatic N) is 2. The van der Waals surface area contributed by atoms with Crippen LogP contribution in [0.25, 0.3) is 21.8 Å². The molecule has 160 valence electrons. The van der Waals surface area contributed by atoms with Gasteiger partial charge in [-0.3, -0.25) is 14.5 Å². The summed E-state index contributed by atoms with van der Waals surface area (Å²) >= 11 is 0. The van der Waals surface area contributed by atoms with Crippen molar-refractivity contribution in [3.8, 4) is 11.5 Å². The first-order valence-corrected chi connectivity index (χ1v) is 11.2. The van der Waals surface area contributed by atoms with Crippen molar-refractivity contribution in [2.45, 2.75) is 6.42 Å². The summed E-state index contributed by atoms with van der Waals surface area (Å²) in [4.78, 5) is 24.3. The molecule has 0 aliphatic rings. The number of pyridine rings is 1. The van der Waals surface area contributed by atoms with Crippen LogP contribution < -0.4 is 19.8 Å². The SMILES string of the molecule is COc1cc2nc(Cc3cnc4c(NS(C)(=O)=O)cccc4c3)[nH]c(=O)c2cc1OC. The fraction of sp³-hybridized carbons (Fsp3) is 0.190. The van der Waals surface area contributed by atoms with E-state index < -0.39 is 10.0 Å². The maximum Gasteiger partial charge on any atom is 0.258 e. The molecule has 2 heterocycles. The lowest BCUT2D eigenvalue weighted by atomic mass is 10.1.